The number of fused-ring (bicyclic) bond motifs is 1. The normalized spacial score (nSPS) is 27.5. The Labute approximate surface area is 128 Å². The van der Waals surface area contributed by atoms with Crippen LogP contribution in [0.25, 0.3) is 0 Å². The molecule has 1 amide bonds. The predicted octanol–water partition coefficient (Wildman–Crippen LogP) is 1.39. The molecule has 3 atom stereocenters. The molecule has 1 aromatic rings. The predicted molar refractivity (Wildman–Crippen MR) is 76.4 cm³/mol. The smallest absolute Gasteiger partial charge is 0.223 e. The minimum absolute atomic E-state index is 0.197. The topological polar surface area (TPSA) is 65.1 Å². The zero-order chi connectivity index (χ0) is 15.7. The zero-order valence-electron chi connectivity index (χ0n) is 12.4. The molecule has 0 bridgehead atoms. The second kappa shape index (κ2) is 5.90. The van der Waals surface area contributed by atoms with Crippen molar-refractivity contribution in [1.29, 1.82) is 0 Å². The van der Waals surface area contributed by atoms with Crippen LogP contribution in [0, 0.1) is 0 Å². The summed E-state index contributed by atoms with van der Waals surface area (Å²) in [6.45, 7) is 1.64. The van der Waals surface area contributed by atoms with Gasteiger partial charge in [0.1, 0.15) is 12.0 Å². The number of likely N-dealkylation sites (N-methyl/N-ethyl adjacent to an activating group) is 1. The summed E-state index contributed by atoms with van der Waals surface area (Å²) in [7, 11) is 1.53. The third kappa shape index (κ3) is 2.63. The molecule has 6 nitrogen and oxygen atoms in total. The first-order valence-corrected chi connectivity index (χ1v) is 7.04. The summed E-state index contributed by atoms with van der Waals surface area (Å²) in [4.78, 5) is 25.3. The van der Waals surface area contributed by atoms with E-state index >= 15 is 0 Å². The van der Waals surface area contributed by atoms with Gasteiger partial charge in [-0.05, 0) is 0 Å². The quantitative estimate of drug-likeness (QED) is 0.826. The van der Waals surface area contributed by atoms with Gasteiger partial charge in [0.15, 0.2) is 18.5 Å². The van der Waals surface area contributed by atoms with Gasteiger partial charge in [-0.25, -0.2) is 0 Å². The van der Waals surface area contributed by atoms with Gasteiger partial charge in [-0.3, -0.25) is 9.59 Å². The molecule has 0 aromatic heterocycles. The Balaban J connectivity index is 1.80. The first-order chi connectivity index (χ1) is 10.6. The maximum atomic E-state index is 12.6. The molecule has 22 heavy (non-hydrogen) atoms. The van der Waals surface area contributed by atoms with Crippen LogP contribution < -0.4 is 0 Å². The molecule has 0 radical (unpaired) electrons. The number of Topliss-reactive ketones (excluding diaryl/α,β-unsaturated/α-hetero) is 1. The summed E-state index contributed by atoms with van der Waals surface area (Å²) in [5.74, 6) is -0.508. The Morgan fingerprint density at radius 2 is 2.00 bits per heavy atom. The Hall–Kier alpha value is -2.18. The van der Waals surface area contributed by atoms with Crippen molar-refractivity contribution >= 4 is 11.7 Å². The van der Waals surface area contributed by atoms with Crippen molar-refractivity contribution in [1.82, 2.24) is 4.90 Å². The van der Waals surface area contributed by atoms with Crippen LogP contribution in [0.2, 0.25) is 0 Å². The molecule has 2 heterocycles. The fourth-order valence-electron chi connectivity index (χ4n) is 2.43. The van der Waals surface area contributed by atoms with Crippen molar-refractivity contribution in [3.8, 4) is 0 Å². The van der Waals surface area contributed by atoms with Crippen LogP contribution in [0.4, 0.5) is 0 Å². The zero-order valence-corrected chi connectivity index (χ0v) is 12.4. The Morgan fingerprint density at radius 3 is 2.68 bits per heavy atom. The van der Waals surface area contributed by atoms with Crippen molar-refractivity contribution < 1.29 is 23.8 Å². The first kappa shape index (κ1) is 14.7. The van der Waals surface area contributed by atoms with E-state index in [-0.39, 0.29) is 24.0 Å². The largest absolute Gasteiger partial charge is 0.490 e. The lowest BCUT2D eigenvalue weighted by atomic mass is 10.0. The van der Waals surface area contributed by atoms with Crippen molar-refractivity contribution in [3.05, 3.63) is 47.9 Å². The lowest BCUT2D eigenvalue weighted by Gasteiger charge is -2.38. The third-order valence-corrected chi connectivity index (χ3v) is 3.79. The highest BCUT2D eigenvalue weighted by atomic mass is 16.7. The fraction of sp³-hybridized carbons (Fsp3) is 0.375. The molecule has 1 aromatic carbocycles. The molecule has 1 fully saturated rings. The number of benzene rings is 1. The second-order valence-electron chi connectivity index (χ2n) is 5.25. The van der Waals surface area contributed by atoms with Gasteiger partial charge in [0.2, 0.25) is 11.7 Å². The highest BCUT2D eigenvalue weighted by Crippen LogP contribution is 2.31. The molecule has 1 saturated heterocycles. The van der Waals surface area contributed by atoms with Crippen molar-refractivity contribution in [2.24, 2.45) is 0 Å². The van der Waals surface area contributed by atoms with Crippen LogP contribution in [0.15, 0.2) is 42.3 Å². The van der Waals surface area contributed by atoms with E-state index in [2.05, 4.69) is 0 Å². The molecule has 0 unspecified atom stereocenters. The lowest BCUT2D eigenvalue weighted by molar-refractivity contribution is -0.254. The monoisotopic (exact) mass is 303 g/mol. The van der Waals surface area contributed by atoms with Crippen molar-refractivity contribution in [2.45, 2.75) is 25.4 Å². The van der Waals surface area contributed by atoms with Crippen LogP contribution in [0.3, 0.4) is 0 Å². The summed E-state index contributed by atoms with van der Waals surface area (Å²) < 4.78 is 16.9. The molecular weight excluding hydrogens is 286 g/mol. The first-order valence-electron chi connectivity index (χ1n) is 7.04. The standard InChI is InChI=1S/C16H17NO5/c1-10(18)17(2)12-8-20-13-9-21-16(22-15(13)14(12)19)11-6-4-3-5-7-11/h3-8,13,15-16H,9H2,1-2H3/t13-,15-,16-/m1/s1. The van der Waals surface area contributed by atoms with E-state index in [1.54, 1.807) is 0 Å². The highest BCUT2D eigenvalue weighted by molar-refractivity contribution is 6.02. The van der Waals surface area contributed by atoms with Gasteiger partial charge in [-0.15, -0.1) is 0 Å². The highest BCUT2D eigenvalue weighted by Gasteiger charge is 2.43. The second-order valence-corrected chi connectivity index (χ2v) is 5.25. The number of nitrogens with zero attached hydrogens (tertiary/aromatic N) is 1. The summed E-state index contributed by atoms with van der Waals surface area (Å²) in [5.41, 5.74) is 1.03. The Bertz CT molecular complexity index is 612. The number of ether oxygens (including phenoxy) is 3. The number of carbonyl (C=O) groups excluding carboxylic acids is 2. The minimum Gasteiger partial charge on any atom is -0.490 e. The van der Waals surface area contributed by atoms with E-state index in [4.69, 9.17) is 14.2 Å². The molecule has 116 valence electrons. The molecule has 0 saturated carbocycles. The molecule has 3 rings (SSSR count). The minimum atomic E-state index is -0.777. The van der Waals surface area contributed by atoms with E-state index in [1.807, 2.05) is 30.3 Å². The third-order valence-electron chi connectivity index (χ3n) is 3.79. The Kier molecular flexibility index (Phi) is 3.96. The number of ketones is 1. The summed E-state index contributed by atoms with van der Waals surface area (Å²) >= 11 is 0. The summed E-state index contributed by atoms with van der Waals surface area (Å²) in [6.07, 6.45) is -0.574. The SMILES string of the molecule is CC(=O)N(C)C1=CO[C@@H]2CO[C@@H](c3ccccc3)O[C@H]2C1=O. The van der Waals surface area contributed by atoms with Gasteiger partial charge in [0.05, 0.1) is 6.61 Å². The Morgan fingerprint density at radius 1 is 1.27 bits per heavy atom. The number of amides is 1. The number of rotatable bonds is 2. The van der Waals surface area contributed by atoms with E-state index in [1.165, 1.54) is 25.1 Å². The van der Waals surface area contributed by atoms with E-state index in [0.29, 0.717) is 0 Å². The van der Waals surface area contributed by atoms with Gasteiger partial charge in [0, 0.05) is 19.5 Å². The van der Waals surface area contributed by atoms with E-state index < -0.39 is 18.5 Å². The van der Waals surface area contributed by atoms with E-state index in [0.717, 1.165) is 5.56 Å². The van der Waals surface area contributed by atoms with Gasteiger partial charge >= 0.3 is 0 Å². The van der Waals surface area contributed by atoms with Gasteiger partial charge in [0.25, 0.3) is 0 Å². The summed E-state index contributed by atoms with van der Waals surface area (Å²) in [6, 6.07) is 9.40. The van der Waals surface area contributed by atoms with Crippen LogP contribution in [0.1, 0.15) is 18.8 Å². The lowest BCUT2D eigenvalue weighted by Crippen LogP contribution is -2.51. The van der Waals surface area contributed by atoms with Crippen LogP contribution in [-0.2, 0) is 23.8 Å². The fourth-order valence-corrected chi connectivity index (χ4v) is 2.43. The molecule has 0 spiro atoms. The van der Waals surface area contributed by atoms with Crippen LogP contribution >= 0.6 is 0 Å². The average Bonchev–Trinajstić information content (AvgIpc) is 2.55. The molecule has 2 aliphatic rings. The molecular formula is C16H17NO5. The van der Waals surface area contributed by atoms with Gasteiger partial charge < -0.3 is 19.1 Å². The summed E-state index contributed by atoms with van der Waals surface area (Å²) in [5, 5.41) is 0. The van der Waals surface area contributed by atoms with Crippen LogP contribution in [0.5, 0.6) is 0 Å². The van der Waals surface area contributed by atoms with E-state index in [9.17, 15) is 9.59 Å². The number of hydrogen-bond acceptors (Lipinski definition) is 5. The number of hydrogen-bond donors (Lipinski definition) is 0. The van der Waals surface area contributed by atoms with Gasteiger partial charge in [-0.1, -0.05) is 30.3 Å². The molecule has 0 aliphatic carbocycles. The maximum Gasteiger partial charge on any atom is 0.223 e. The average molecular weight is 303 g/mol. The molecule has 6 heteroatoms. The van der Waals surface area contributed by atoms with Crippen molar-refractivity contribution in [2.75, 3.05) is 13.7 Å². The van der Waals surface area contributed by atoms with Crippen LogP contribution in [-0.4, -0.2) is 42.5 Å². The maximum absolute atomic E-state index is 12.6. The van der Waals surface area contributed by atoms with Gasteiger partial charge in [-0.2, -0.15) is 0 Å². The van der Waals surface area contributed by atoms with Crippen molar-refractivity contribution in [3.63, 3.8) is 0 Å². The molecule has 2 aliphatic heterocycles. The molecule has 0 N–H and O–H groups in total. The number of carbonyl (C=O) groups is 2.